The third-order valence-electron chi connectivity index (χ3n) is 6.62. The van der Waals surface area contributed by atoms with Gasteiger partial charge >= 0.3 is 6.18 Å². The minimum Gasteiger partial charge on any atom is -0.374 e. The molecule has 2 saturated heterocycles. The van der Waals surface area contributed by atoms with Crippen LogP contribution in [0, 0.1) is 6.92 Å². The number of halogens is 3. The van der Waals surface area contributed by atoms with Gasteiger partial charge in [0.2, 0.25) is 5.95 Å². The fourth-order valence-corrected chi connectivity index (χ4v) is 4.63. The van der Waals surface area contributed by atoms with Crippen molar-refractivity contribution in [2.24, 2.45) is 0 Å². The summed E-state index contributed by atoms with van der Waals surface area (Å²) in [4.78, 5) is 37.0. The standard InChI is InChI=1S/C21H22F3N5O3/c1-12-3-4-13(7-25-12)16(30)9-29-19-26-17(27-8-15-5-14(27)10-32-15)6-18(31)28(19)11-20(29,2)21(22,23)24/h3-4,6-7,14-15H,5,8-11H2,1-2H3/t14-,15-,20-/m0/s1. The number of morpholine rings is 1. The summed E-state index contributed by atoms with van der Waals surface area (Å²) in [6.45, 7) is 2.56. The predicted molar refractivity (Wildman–Crippen MR) is 109 cm³/mol. The SMILES string of the molecule is Cc1ccc(C(=O)CN2c3nc(N4C[C@@H]5C[C@H]4CO5)cc(=O)n3C[C@@]2(C)C(F)(F)F)cn1. The number of nitrogens with zero attached hydrogens (tertiary/aromatic N) is 5. The molecule has 11 heteroatoms. The predicted octanol–water partition coefficient (Wildman–Crippen LogP) is 1.95. The van der Waals surface area contributed by atoms with E-state index in [4.69, 9.17) is 4.74 Å². The summed E-state index contributed by atoms with van der Waals surface area (Å²) in [5.41, 5.74) is -2.14. The van der Waals surface area contributed by atoms with Gasteiger partial charge in [-0.25, -0.2) is 0 Å². The number of aryl methyl sites for hydroxylation is 1. The molecule has 5 heterocycles. The van der Waals surface area contributed by atoms with Gasteiger partial charge in [0, 0.05) is 30.1 Å². The second-order valence-corrected chi connectivity index (χ2v) is 8.81. The van der Waals surface area contributed by atoms with E-state index in [0.29, 0.717) is 24.7 Å². The molecule has 2 fully saturated rings. The molecule has 0 aliphatic carbocycles. The van der Waals surface area contributed by atoms with Crippen LogP contribution in [0.5, 0.6) is 0 Å². The third kappa shape index (κ3) is 3.17. The normalized spacial score (nSPS) is 26.7. The molecule has 2 aromatic heterocycles. The molecule has 0 radical (unpaired) electrons. The van der Waals surface area contributed by atoms with Crippen LogP contribution >= 0.6 is 0 Å². The molecular formula is C21H22F3N5O3. The highest BCUT2D eigenvalue weighted by atomic mass is 19.4. The highest BCUT2D eigenvalue weighted by Crippen LogP contribution is 2.43. The molecule has 0 saturated carbocycles. The number of pyridine rings is 1. The quantitative estimate of drug-likeness (QED) is 0.660. The summed E-state index contributed by atoms with van der Waals surface area (Å²) in [5.74, 6) is -0.364. The average molecular weight is 449 g/mol. The monoisotopic (exact) mass is 449 g/mol. The molecule has 2 bridgehead atoms. The number of fused-ring (bicyclic) bond motifs is 3. The minimum atomic E-state index is -4.69. The Balaban J connectivity index is 1.55. The van der Waals surface area contributed by atoms with E-state index in [9.17, 15) is 22.8 Å². The summed E-state index contributed by atoms with van der Waals surface area (Å²) in [6, 6.07) is 4.47. The van der Waals surface area contributed by atoms with Crippen LogP contribution in [0.25, 0.3) is 0 Å². The van der Waals surface area contributed by atoms with E-state index in [1.807, 2.05) is 4.90 Å². The number of ketones is 1. The van der Waals surface area contributed by atoms with E-state index in [1.54, 1.807) is 13.0 Å². The van der Waals surface area contributed by atoms with Gasteiger partial charge in [0.1, 0.15) is 5.82 Å². The van der Waals surface area contributed by atoms with Crippen LogP contribution in [0.3, 0.4) is 0 Å². The minimum absolute atomic E-state index is 0.0324. The van der Waals surface area contributed by atoms with Crippen LogP contribution < -0.4 is 15.4 Å². The van der Waals surface area contributed by atoms with E-state index in [1.165, 1.54) is 18.3 Å². The molecule has 3 atom stereocenters. The fraction of sp³-hybridized carbons (Fsp3) is 0.524. The van der Waals surface area contributed by atoms with Crippen LogP contribution in [0.15, 0.2) is 29.2 Å². The van der Waals surface area contributed by atoms with Gasteiger partial charge in [-0.1, -0.05) is 0 Å². The lowest BCUT2D eigenvalue weighted by atomic mass is 10.00. The first-order valence-corrected chi connectivity index (χ1v) is 10.4. The number of alkyl halides is 3. The van der Waals surface area contributed by atoms with E-state index >= 15 is 0 Å². The van der Waals surface area contributed by atoms with E-state index in [0.717, 1.165) is 22.8 Å². The largest absolute Gasteiger partial charge is 0.413 e. The lowest BCUT2D eigenvalue weighted by Crippen LogP contribution is -2.57. The molecule has 32 heavy (non-hydrogen) atoms. The van der Waals surface area contributed by atoms with Crippen molar-refractivity contribution < 1.29 is 22.7 Å². The Bertz CT molecular complexity index is 1130. The Morgan fingerprint density at radius 1 is 1.34 bits per heavy atom. The molecule has 2 aromatic rings. The number of Topliss-reactive ketones (excluding diaryl/α,β-unsaturated/α-hetero) is 1. The van der Waals surface area contributed by atoms with Crippen LogP contribution in [-0.2, 0) is 11.3 Å². The van der Waals surface area contributed by atoms with Crippen LogP contribution in [0.4, 0.5) is 24.9 Å². The van der Waals surface area contributed by atoms with Crippen molar-refractivity contribution in [2.45, 2.75) is 50.7 Å². The second kappa shape index (κ2) is 7.03. The number of aromatic nitrogens is 3. The molecule has 0 aromatic carbocycles. The highest BCUT2D eigenvalue weighted by Gasteiger charge is 2.60. The summed E-state index contributed by atoms with van der Waals surface area (Å²) < 4.78 is 49.1. The average Bonchev–Trinajstić information content (AvgIpc) is 3.43. The molecule has 5 rings (SSSR count). The van der Waals surface area contributed by atoms with Crippen molar-refractivity contribution in [3.05, 3.63) is 46.0 Å². The van der Waals surface area contributed by atoms with E-state index in [2.05, 4.69) is 9.97 Å². The van der Waals surface area contributed by atoms with Crippen molar-refractivity contribution in [1.29, 1.82) is 0 Å². The van der Waals surface area contributed by atoms with Gasteiger partial charge in [-0.15, -0.1) is 0 Å². The van der Waals surface area contributed by atoms with Crippen LogP contribution in [0.2, 0.25) is 0 Å². The maximum Gasteiger partial charge on any atom is 0.413 e. The van der Waals surface area contributed by atoms with E-state index < -0.39 is 36.1 Å². The number of carbonyl (C=O) groups excluding carboxylic acids is 1. The summed E-state index contributed by atoms with van der Waals surface area (Å²) in [6.07, 6.45) is -2.52. The second-order valence-electron chi connectivity index (χ2n) is 8.81. The first kappa shape index (κ1) is 20.9. The van der Waals surface area contributed by atoms with Crippen molar-refractivity contribution >= 4 is 17.5 Å². The first-order valence-electron chi connectivity index (χ1n) is 10.4. The zero-order chi connectivity index (χ0) is 22.8. The van der Waals surface area contributed by atoms with Crippen LogP contribution in [0.1, 0.15) is 29.4 Å². The molecule has 0 amide bonds. The summed E-state index contributed by atoms with van der Waals surface area (Å²) in [5, 5.41) is 0. The molecule has 0 unspecified atom stereocenters. The summed E-state index contributed by atoms with van der Waals surface area (Å²) >= 11 is 0. The Labute approximate surface area is 181 Å². The van der Waals surface area contributed by atoms with Gasteiger partial charge in [0.05, 0.1) is 31.8 Å². The Hall–Kier alpha value is -2.95. The van der Waals surface area contributed by atoms with Gasteiger partial charge in [-0.3, -0.25) is 19.1 Å². The number of hydrogen-bond acceptors (Lipinski definition) is 7. The fourth-order valence-electron chi connectivity index (χ4n) is 4.63. The smallest absolute Gasteiger partial charge is 0.374 e. The molecule has 170 valence electrons. The maximum absolute atomic E-state index is 14.2. The zero-order valence-electron chi connectivity index (χ0n) is 17.6. The van der Waals surface area contributed by atoms with Gasteiger partial charge in [0.15, 0.2) is 11.3 Å². The Morgan fingerprint density at radius 3 is 2.72 bits per heavy atom. The van der Waals surface area contributed by atoms with Crippen LogP contribution in [-0.4, -0.2) is 63.9 Å². The zero-order valence-corrected chi connectivity index (χ0v) is 17.6. The maximum atomic E-state index is 14.2. The lowest BCUT2D eigenvalue weighted by Gasteiger charge is -2.36. The molecular weight excluding hydrogens is 427 g/mol. The number of hydrogen-bond donors (Lipinski definition) is 0. The van der Waals surface area contributed by atoms with Gasteiger partial charge < -0.3 is 14.5 Å². The highest BCUT2D eigenvalue weighted by molar-refractivity contribution is 5.99. The van der Waals surface area contributed by atoms with Gasteiger partial charge in [-0.2, -0.15) is 18.2 Å². The van der Waals surface area contributed by atoms with Crippen molar-refractivity contribution in [1.82, 2.24) is 14.5 Å². The van der Waals surface area contributed by atoms with Crippen molar-refractivity contribution in [3.63, 3.8) is 0 Å². The number of rotatable bonds is 4. The van der Waals surface area contributed by atoms with Crippen molar-refractivity contribution in [2.75, 3.05) is 29.5 Å². The number of carbonyl (C=O) groups is 1. The molecule has 0 spiro atoms. The number of anilines is 2. The van der Waals surface area contributed by atoms with Crippen molar-refractivity contribution in [3.8, 4) is 0 Å². The Morgan fingerprint density at radius 2 is 2.12 bits per heavy atom. The van der Waals surface area contributed by atoms with Gasteiger partial charge in [0.25, 0.3) is 5.56 Å². The summed E-state index contributed by atoms with van der Waals surface area (Å²) in [7, 11) is 0. The Kier molecular flexibility index (Phi) is 4.59. The molecule has 8 nitrogen and oxygen atoms in total. The number of ether oxygens (including phenoxy) is 1. The van der Waals surface area contributed by atoms with Gasteiger partial charge in [-0.05, 0) is 32.4 Å². The molecule has 3 aliphatic rings. The topological polar surface area (TPSA) is 80.6 Å². The molecule has 0 N–H and O–H groups in total. The molecule has 3 aliphatic heterocycles. The van der Waals surface area contributed by atoms with E-state index in [-0.39, 0.29) is 23.7 Å². The lowest BCUT2D eigenvalue weighted by molar-refractivity contribution is -0.181. The first-order chi connectivity index (χ1) is 15.1. The third-order valence-corrected chi connectivity index (χ3v) is 6.62.